The van der Waals surface area contributed by atoms with Crippen molar-refractivity contribution in [3.05, 3.63) is 34.5 Å². The zero-order valence-electron chi connectivity index (χ0n) is 11.3. The van der Waals surface area contributed by atoms with E-state index in [0.717, 1.165) is 27.3 Å². The first kappa shape index (κ1) is 14.0. The summed E-state index contributed by atoms with van der Waals surface area (Å²) in [5, 5.41) is 11.4. The average molecular weight is 320 g/mol. The Morgan fingerprint density at radius 3 is 2.81 bits per heavy atom. The molecule has 0 atom stereocenters. The molecule has 0 saturated heterocycles. The molecule has 3 rings (SSSR count). The lowest BCUT2D eigenvalue weighted by Crippen LogP contribution is -2.02. The molecule has 0 fully saturated rings. The van der Waals surface area contributed by atoms with Gasteiger partial charge in [0.25, 0.3) is 0 Å². The van der Waals surface area contributed by atoms with Crippen LogP contribution in [0.25, 0.3) is 21.9 Å². The molecule has 0 unspecified atom stereocenters. The van der Waals surface area contributed by atoms with Crippen molar-refractivity contribution < 1.29 is 4.92 Å². The Morgan fingerprint density at radius 2 is 2.19 bits per heavy atom. The van der Waals surface area contributed by atoms with Crippen molar-refractivity contribution in [2.75, 3.05) is 0 Å². The van der Waals surface area contributed by atoms with Crippen molar-refractivity contribution in [3.63, 3.8) is 0 Å². The summed E-state index contributed by atoms with van der Waals surface area (Å²) in [4.78, 5) is 19.9. The molecule has 21 heavy (non-hydrogen) atoms. The van der Waals surface area contributed by atoms with E-state index >= 15 is 0 Å². The molecule has 3 aromatic rings. The molecule has 0 spiro atoms. The van der Waals surface area contributed by atoms with Gasteiger partial charge in [-0.05, 0) is 37.3 Å². The lowest BCUT2D eigenvalue weighted by atomic mass is 10.3. The van der Waals surface area contributed by atoms with E-state index in [1.165, 1.54) is 6.20 Å². The van der Waals surface area contributed by atoms with Crippen LogP contribution in [0.5, 0.6) is 0 Å². The number of rotatable bonds is 3. The highest BCUT2D eigenvalue weighted by Crippen LogP contribution is 2.34. The second-order valence-corrected chi connectivity index (χ2v) is 6.30. The van der Waals surface area contributed by atoms with E-state index in [9.17, 15) is 10.1 Å². The third-order valence-electron chi connectivity index (χ3n) is 3.08. The number of benzene rings is 1. The summed E-state index contributed by atoms with van der Waals surface area (Å²) in [7, 11) is 0. The molecular weight excluding hydrogens is 308 g/mol. The number of nitrogens with zero attached hydrogens (tertiary/aromatic N) is 4. The fraction of sp³-hybridized carbons (Fsp3) is 0.231. The van der Waals surface area contributed by atoms with Gasteiger partial charge in [-0.1, -0.05) is 6.07 Å². The molecule has 0 bridgehead atoms. The predicted octanol–water partition coefficient (Wildman–Crippen LogP) is 3.94. The average Bonchev–Trinajstić information content (AvgIpc) is 3.03. The number of thiazole rings is 1. The second kappa shape index (κ2) is 5.12. The number of fused-ring (bicyclic) bond motifs is 1. The minimum absolute atomic E-state index is 0.0125. The zero-order valence-corrected chi connectivity index (χ0v) is 13.1. The van der Waals surface area contributed by atoms with Crippen molar-refractivity contribution in [1.82, 2.24) is 14.5 Å². The highest BCUT2D eigenvalue weighted by atomic mass is 32.1. The van der Waals surface area contributed by atoms with E-state index in [1.54, 1.807) is 0 Å². The van der Waals surface area contributed by atoms with E-state index in [0.29, 0.717) is 10.8 Å². The number of imidazole rings is 1. The van der Waals surface area contributed by atoms with E-state index < -0.39 is 4.92 Å². The number of para-hydroxylation sites is 1. The van der Waals surface area contributed by atoms with Gasteiger partial charge in [0.1, 0.15) is 11.7 Å². The first-order chi connectivity index (χ1) is 9.99. The Morgan fingerprint density at radius 1 is 1.43 bits per heavy atom. The summed E-state index contributed by atoms with van der Waals surface area (Å²) in [6, 6.07) is 5.91. The molecule has 6 nitrogen and oxygen atoms in total. The second-order valence-electron chi connectivity index (χ2n) is 4.80. The van der Waals surface area contributed by atoms with Gasteiger partial charge in [0.05, 0.1) is 10.4 Å². The summed E-state index contributed by atoms with van der Waals surface area (Å²) in [5.74, 6) is 0.639. The highest BCUT2D eigenvalue weighted by molar-refractivity contribution is 7.80. The minimum atomic E-state index is -0.437. The van der Waals surface area contributed by atoms with Gasteiger partial charge in [-0.25, -0.2) is 9.97 Å². The third kappa shape index (κ3) is 2.30. The molecule has 0 amide bonds. The highest BCUT2D eigenvalue weighted by Gasteiger charge is 2.21. The van der Waals surface area contributed by atoms with Crippen LogP contribution in [0.1, 0.15) is 19.9 Å². The van der Waals surface area contributed by atoms with Crippen LogP contribution in [0.3, 0.4) is 0 Å². The van der Waals surface area contributed by atoms with Crippen LogP contribution >= 0.6 is 24.0 Å². The number of hydrogen-bond donors (Lipinski definition) is 1. The normalized spacial score (nSPS) is 11.4. The first-order valence-corrected chi connectivity index (χ1v) is 7.56. The Balaban J connectivity index is 2.28. The molecule has 8 heteroatoms. The summed E-state index contributed by atoms with van der Waals surface area (Å²) in [6.07, 6.45) is 1.27. The molecule has 0 aliphatic carbocycles. The molecule has 2 heterocycles. The Kier molecular flexibility index (Phi) is 3.42. The fourth-order valence-electron chi connectivity index (χ4n) is 2.23. The maximum absolute atomic E-state index is 10.8. The van der Waals surface area contributed by atoms with E-state index in [1.807, 2.05) is 36.6 Å². The van der Waals surface area contributed by atoms with Crippen LogP contribution in [0, 0.1) is 10.1 Å². The maximum atomic E-state index is 10.8. The summed E-state index contributed by atoms with van der Waals surface area (Å²) >= 11 is 5.46. The summed E-state index contributed by atoms with van der Waals surface area (Å²) < 4.78 is 2.03. The van der Waals surface area contributed by atoms with Gasteiger partial charge in [0.2, 0.25) is 0 Å². The molecule has 1 aromatic carbocycles. The minimum Gasteiger partial charge on any atom is -0.319 e. The van der Waals surface area contributed by atoms with Crippen LogP contribution in [0.4, 0.5) is 5.00 Å². The van der Waals surface area contributed by atoms with E-state index in [2.05, 4.69) is 22.6 Å². The van der Waals surface area contributed by atoms with Crippen LogP contribution in [-0.2, 0) is 0 Å². The smallest absolute Gasteiger partial charge is 0.319 e. The third-order valence-corrected chi connectivity index (χ3v) is 4.39. The molecule has 0 saturated carbocycles. The largest absolute Gasteiger partial charge is 0.344 e. The molecule has 108 valence electrons. The number of thiol groups is 1. The molecule has 0 aliphatic heterocycles. The molecule has 0 radical (unpaired) electrons. The Labute approximate surface area is 130 Å². The Hall–Kier alpha value is -1.93. The van der Waals surface area contributed by atoms with Crippen molar-refractivity contribution in [2.45, 2.75) is 24.8 Å². The SMILES string of the molecule is CC(C)n1c(-c2ncc([N+](=O)[O-])s2)nc2c(S)cccc21. The lowest BCUT2D eigenvalue weighted by Gasteiger charge is -2.11. The fourth-order valence-corrected chi connectivity index (χ4v) is 3.20. The molecule has 0 aliphatic rings. The number of nitro groups is 1. The maximum Gasteiger partial charge on any atom is 0.344 e. The van der Waals surface area contributed by atoms with Gasteiger partial charge in [0.15, 0.2) is 10.8 Å². The first-order valence-electron chi connectivity index (χ1n) is 6.29. The van der Waals surface area contributed by atoms with Crippen molar-refractivity contribution in [1.29, 1.82) is 0 Å². The number of hydrogen-bond acceptors (Lipinski definition) is 6. The van der Waals surface area contributed by atoms with Crippen molar-refractivity contribution in [3.8, 4) is 10.8 Å². The molecular formula is C13H12N4O2S2. The standard InChI is InChI=1S/C13H12N4O2S2/c1-7(2)16-8-4-3-5-9(20)11(8)15-12(16)13-14-6-10(21-13)17(18)19/h3-7,20H,1-2H3. The summed E-state index contributed by atoms with van der Waals surface area (Å²) in [5.41, 5.74) is 1.73. The summed E-state index contributed by atoms with van der Waals surface area (Å²) in [6.45, 7) is 4.08. The van der Waals surface area contributed by atoms with Gasteiger partial charge in [-0.15, -0.1) is 12.6 Å². The van der Waals surface area contributed by atoms with Gasteiger partial charge in [-0.2, -0.15) is 0 Å². The van der Waals surface area contributed by atoms with Gasteiger partial charge >= 0.3 is 5.00 Å². The topological polar surface area (TPSA) is 73.8 Å². The van der Waals surface area contributed by atoms with Crippen molar-refractivity contribution in [2.24, 2.45) is 0 Å². The quantitative estimate of drug-likeness (QED) is 0.451. The van der Waals surface area contributed by atoms with Crippen molar-refractivity contribution >= 4 is 40.0 Å². The van der Waals surface area contributed by atoms with Crippen LogP contribution in [0.2, 0.25) is 0 Å². The Bertz CT molecular complexity index is 838. The van der Waals surface area contributed by atoms with E-state index in [4.69, 9.17) is 0 Å². The number of aromatic nitrogens is 3. The molecule has 0 N–H and O–H groups in total. The monoisotopic (exact) mass is 320 g/mol. The van der Waals surface area contributed by atoms with Crippen LogP contribution < -0.4 is 0 Å². The van der Waals surface area contributed by atoms with Crippen LogP contribution in [-0.4, -0.2) is 19.5 Å². The zero-order chi connectivity index (χ0) is 15.1. The van der Waals surface area contributed by atoms with Gasteiger partial charge in [-0.3, -0.25) is 10.1 Å². The van der Waals surface area contributed by atoms with Gasteiger partial charge < -0.3 is 4.57 Å². The molecule has 2 aromatic heterocycles. The lowest BCUT2D eigenvalue weighted by molar-refractivity contribution is -0.380. The predicted molar refractivity (Wildman–Crippen MR) is 85.1 cm³/mol. The van der Waals surface area contributed by atoms with E-state index in [-0.39, 0.29) is 11.0 Å². The van der Waals surface area contributed by atoms with Gasteiger partial charge in [0, 0.05) is 10.9 Å². The van der Waals surface area contributed by atoms with Crippen LogP contribution in [0.15, 0.2) is 29.3 Å².